The van der Waals surface area contributed by atoms with Crippen LogP contribution < -0.4 is 5.32 Å². The fraction of sp³-hybridized carbons (Fsp3) is 0.375. The Morgan fingerprint density at radius 2 is 2.18 bits per heavy atom. The minimum atomic E-state index is -0.615. The van der Waals surface area contributed by atoms with E-state index in [0.29, 0.717) is 0 Å². The van der Waals surface area contributed by atoms with Gasteiger partial charge in [0.25, 0.3) is 5.91 Å². The predicted octanol–water partition coefficient (Wildman–Crippen LogP) is 4.31. The number of thiazole rings is 1. The Morgan fingerprint density at radius 1 is 1.41 bits per heavy atom. The summed E-state index contributed by atoms with van der Waals surface area (Å²) in [7, 11) is 0. The molecular weight excluding hydrogens is 323 g/mol. The van der Waals surface area contributed by atoms with Crippen molar-refractivity contribution in [2.75, 3.05) is 0 Å². The molecule has 0 aliphatic heterocycles. The van der Waals surface area contributed by atoms with E-state index in [0.717, 1.165) is 23.5 Å². The van der Waals surface area contributed by atoms with Crippen LogP contribution in [-0.2, 0) is 12.8 Å². The van der Waals surface area contributed by atoms with Gasteiger partial charge in [0.15, 0.2) is 0 Å². The van der Waals surface area contributed by atoms with Crippen molar-refractivity contribution in [1.29, 1.82) is 0 Å². The zero-order chi connectivity index (χ0) is 15.7. The number of aryl methyl sites for hydroxylation is 2. The molecule has 2 aromatic rings. The van der Waals surface area contributed by atoms with Gasteiger partial charge in [0.1, 0.15) is 10.8 Å². The Balaban J connectivity index is 1.77. The maximum atomic E-state index is 13.8. The highest BCUT2D eigenvalue weighted by Gasteiger charge is 2.22. The Morgan fingerprint density at radius 3 is 2.91 bits per heavy atom. The lowest BCUT2D eigenvalue weighted by Crippen LogP contribution is -2.27. The van der Waals surface area contributed by atoms with Crippen LogP contribution in [0.5, 0.6) is 0 Å². The predicted molar refractivity (Wildman–Crippen MR) is 86.0 cm³/mol. The third-order valence-corrected chi connectivity index (χ3v) is 5.43. The van der Waals surface area contributed by atoms with Crippen LogP contribution in [0.25, 0.3) is 0 Å². The van der Waals surface area contributed by atoms with Gasteiger partial charge in [0, 0.05) is 4.88 Å². The van der Waals surface area contributed by atoms with Crippen molar-refractivity contribution >= 4 is 28.8 Å². The molecule has 1 aromatic heterocycles. The Hall–Kier alpha value is -1.46. The topological polar surface area (TPSA) is 42.0 Å². The SMILES string of the molecule is C[C@H](NC(=O)c1c(F)cccc1Cl)c1nc2c(s1)CCCC2. The van der Waals surface area contributed by atoms with Gasteiger partial charge in [-0.1, -0.05) is 17.7 Å². The van der Waals surface area contributed by atoms with Crippen molar-refractivity contribution in [2.45, 2.75) is 38.6 Å². The summed E-state index contributed by atoms with van der Waals surface area (Å²) in [6.07, 6.45) is 4.43. The average Bonchev–Trinajstić information content (AvgIpc) is 2.91. The smallest absolute Gasteiger partial charge is 0.256 e. The van der Waals surface area contributed by atoms with Crippen LogP contribution in [0.1, 0.15) is 51.7 Å². The van der Waals surface area contributed by atoms with E-state index >= 15 is 0 Å². The Labute approximate surface area is 137 Å². The first-order chi connectivity index (χ1) is 10.6. The third-order valence-electron chi connectivity index (χ3n) is 3.77. The molecule has 3 nitrogen and oxygen atoms in total. The molecule has 0 radical (unpaired) electrons. The third kappa shape index (κ3) is 3.01. The van der Waals surface area contributed by atoms with E-state index in [4.69, 9.17) is 11.6 Å². The molecule has 0 bridgehead atoms. The second kappa shape index (κ2) is 6.34. The second-order valence-electron chi connectivity index (χ2n) is 5.42. The zero-order valence-corrected chi connectivity index (χ0v) is 13.7. The van der Waals surface area contributed by atoms with Gasteiger partial charge >= 0.3 is 0 Å². The van der Waals surface area contributed by atoms with Crippen molar-refractivity contribution in [1.82, 2.24) is 10.3 Å². The molecule has 3 rings (SSSR count). The van der Waals surface area contributed by atoms with Gasteiger partial charge in [-0.25, -0.2) is 9.37 Å². The minimum absolute atomic E-state index is 0.114. The van der Waals surface area contributed by atoms with Crippen molar-refractivity contribution in [3.8, 4) is 0 Å². The zero-order valence-electron chi connectivity index (χ0n) is 12.2. The normalized spacial score (nSPS) is 15.2. The van der Waals surface area contributed by atoms with E-state index in [9.17, 15) is 9.18 Å². The lowest BCUT2D eigenvalue weighted by atomic mass is 10.0. The molecule has 0 spiro atoms. The number of carbonyl (C=O) groups excluding carboxylic acids is 1. The van der Waals surface area contributed by atoms with Crippen molar-refractivity contribution in [2.24, 2.45) is 0 Å². The molecule has 1 aromatic carbocycles. The van der Waals surface area contributed by atoms with Gasteiger partial charge in [-0.05, 0) is 44.7 Å². The van der Waals surface area contributed by atoms with Crippen molar-refractivity contribution in [3.63, 3.8) is 0 Å². The molecule has 0 saturated carbocycles. The van der Waals surface area contributed by atoms with E-state index < -0.39 is 11.7 Å². The molecule has 1 heterocycles. The highest BCUT2D eigenvalue weighted by molar-refractivity contribution is 7.11. The lowest BCUT2D eigenvalue weighted by Gasteiger charge is -2.12. The van der Waals surface area contributed by atoms with E-state index in [-0.39, 0.29) is 16.6 Å². The maximum Gasteiger partial charge on any atom is 0.256 e. The summed E-state index contributed by atoms with van der Waals surface area (Å²) in [5.41, 5.74) is 1.04. The summed E-state index contributed by atoms with van der Waals surface area (Å²) in [5.74, 6) is -1.13. The van der Waals surface area contributed by atoms with Crippen LogP contribution in [0.15, 0.2) is 18.2 Å². The quantitative estimate of drug-likeness (QED) is 0.906. The van der Waals surface area contributed by atoms with Crippen LogP contribution in [-0.4, -0.2) is 10.9 Å². The summed E-state index contributed by atoms with van der Waals surface area (Å²) >= 11 is 7.56. The van der Waals surface area contributed by atoms with Crippen LogP contribution in [0.3, 0.4) is 0 Å². The van der Waals surface area contributed by atoms with Crippen LogP contribution in [0, 0.1) is 5.82 Å². The van der Waals surface area contributed by atoms with Gasteiger partial charge in [0.2, 0.25) is 0 Å². The van der Waals surface area contributed by atoms with Crippen molar-refractivity contribution in [3.05, 3.63) is 50.2 Å². The standard InChI is InChI=1S/C16H16ClFN2OS/c1-9(16-20-12-7-2-3-8-13(12)22-16)19-15(21)14-10(17)5-4-6-11(14)18/h4-6,9H,2-3,7-8H2,1H3,(H,19,21)/t9-/m0/s1. The maximum absolute atomic E-state index is 13.8. The molecule has 116 valence electrons. The summed E-state index contributed by atoms with van der Waals surface area (Å²) in [5, 5.41) is 3.77. The number of hydrogen-bond donors (Lipinski definition) is 1. The van der Waals surface area contributed by atoms with E-state index in [1.165, 1.54) is 35.9 Å². The number of benzene rings is 1. The first-order valence-electron chi connectivity index (χ1n) is 7.29. The highest BCUT2D eigenvalue weighted by atomic mass is 35.5. The number of nitrogens with one attached hydrogen (secondary N) is 1. The molecule has 0 saturated heterocycles. The fourth-order valence-electron chi connectivity index (χ4n) is 2.60. The van der Waals surface area contributed by atoms with E-state index in [1.54, 1.807) is 11.3 Å². The second-order valence-corrected chi connectivity index (χ2v) is 6.94. The summed E-state index contributed by atoms with van der Waals surface area (Å²) < 4.78 is 13.8. The molecule has 1 aliphatic rings. The number of halogens is 2. The van der Waals surface area contributed by atoms with E-state index in [1.807, 2.05) is 6.92 Å². The molecule has 1 atom stereocenters. The monoisotopic (exact) mass is 338 g/mol. The van der Waals surface area contributed by atoms with Gasteiger partial charge in [-0.2, -0.15) is 0 Å². The van der Waals surface area contributed by atoms with Crippen LogP contribution in [0.2, 0.25) is 5.02 Å². The van der Waals surface area contributed by atoms with Gasteiger partial charge in [-0.3, -0.25) is 4.79 Å². The van der Waals surface area contributed by atoms with E-state index in [2.05, 4.69) is 10.3 Å². The highest BCUT2D eigenvalue weighted by Crippen LogP contribution is 2.30. The van der Waals surface area contributed by atoms with Gasteiger partial charge in [-0.15, -0.1) is 11.3 Å². The molecule has 22 heavy (non-hydrogen) atoms. The average molecular weight is 339 g/mol. The molecule has 0 unspecified atom stereocenters. The van der Waals surface area contributed by atoms with Crippen LogP contribution >= 0.6 is 22.9 Å². The lowest BCUT2D eigenvalue weighted by molar-refractivity contribution is 0.0936. The number of aromatic nitrogens is 1. The number of hydrogen-bond acceptors (Lipinski definition) is 3. The summed E-state index contributed by atoms with van der Waals surface area (Å²) in [4.78, 5) is 18.2. The molecule has 0 fully saturated rings. The molecule has 6 heteroatoms. The Kier molecular flexibility index (Phi) is 4.45. The summed E-state index contributed by atoms with van der Waals surface area (Å²) in [6, 6.07) is 3.95. The molecule has 1 amide bonds. The number of amides is 1. The van der Waals surface area contributed by atoms with Crippen molar-refractivity contribution < 1.29 is 9.18 Å². The minimum Gasteiger partial charge on any atom is -0.343 e. The first kappa shape index (κ1) is 15.4. The number of fused-ring (bicyclic) bond motifs is 1. The van der Waals surface area contributed by atoms with Gasteiger partial charge in [0.05, 0.1) is 22.3 Å². The largest absolute Gasteiger partial charge is 0.343 e. The molecule has 1 N–H and O–H groups in total. The van der Waals surface area contributed by atoms with Gasteiger partial charge < -0.3 is 5.32 Å². The number of carbonyl (C=O) groups is 1. The Bertz CT molecular complexity index is 672. The fourth-order valence-corrected chi connectivity index (χ4v) is 4.01. The first-order valence-corrected chi connectivity index (χ1v) is 8.49. The summed E-state index contributed by atoms with van der Waals surface area (Å²) in [6.45, 7) is 1.86. The number of nitrogens with zero attached hydrogens (tertiary/aromatic N) is 1. The number of rotatable bonds is 3. The van der Waals surface area contributed by atoms with Crippen LogP contribution in [0.4, 0.5) is 4.39 Å². The molecular formula is C16H16ClFN2OS. The molecule has 1 aliphatic carbocycles.